The van der Waals surface area contributed by atoms with Crippen LogP contribution in [-0.4, -0.2) is 75.7 Å². The molecule has 6 atom stereocenters. The fraction of sp³-hybridized carbons (Fsp3) is 0.607. The lowest BCUT2D eigenvalue weighted by Crippen LogP contribution is -2.45. The van der Waals surface area contributed by atoms with Crippen LogP contribution < -0.4 is 10.9 Å². The molecule has 2 saturated heterocycles. The van der Waals surface area contributed by atoms with Crippen molar-refractivity contribution in [1.29, 1.82) is 0 Å². The van der Waals surface area contributed by atoms with Crippen LogP contribution in [0.15, 0.2) is 30.5 Å². The number of rotatable bonds is 6. The maximum atomic E-state index is 15.9. The molecule has 37 heavy (non-hydrogen) atoms. The van der Waals surface area contributed by atoms with Gasteiger partial charge in [0, 0.05) is 37.6 Å². The van der Waals surface area contributed by atoms with Crippen LogP contribution in [0.25, 0.3) is 5.57 Å². The third kappa shape index (κ3) is 4.61. The fourth-order valence-corrected chi connectivity index (χ4v) is 7.01. The number of hydrogen-bond donors (Lipinski definition) is 5. The Morgan fingerprint density at radius 1 is 1.16 bits per heavy atom. The molecule has 200 valence electrons. The van der Waals surface area contributed by atoms with E-state index in [2.05, 4.69) is 26.8 Å². The summed E-state index contributed by atoms with van der Waals surface area (Å²) in [6, 6.07) is 5.36. The van der Waals surface area contributed by atoms with Crippen molar-refractivity contribution in [3.05, 3.63) is 53.1 Å². The molecule has 5 N–H and O–H groups in total. The molecule has 1 saturated carbocycles. The molecular formula is C28H38FN5O3. The molecule has 0 bridgehead atoms. The third-order valence-corrected chi connectivity index (χ3v) is 9.00. The molecule has 0 radical (unpaired) electrons. The molecule has 3 aliphatic heterocycles. The number of phenolic OH excluding ortho intramolecular Hbond substituents is 1. The number of fused-ring (bicyclic) bond motifs is 1. The van der Waals surface area contributed by atoms with Gasteiger partial charge >= 0.3 is 0 Å². The molecule has 2 aromatic rings. The van der Waals surface area contributed by atoms with Crippen molar-refractivity contribution >= 4 is 5.57 Å². The number of nitrogens with zero attached hydrogens (tertiary/aromatic N) is 2. The largest absolute Gasteiger partial charge is 0.508 e. The molecule has 3 fully saturated rings. The maximum absolute atomic E-state index is 15.9. The number of hydrazine groups is 1. The van der Waals surface area contributed by atoms with Gasteiger partial charge in [-0.3, -0.25) is 10.3 Å². The van der Waals surface area contributed by atoms with Gasteiger partial charge in [0.15, 0.2) is 0 Å². The van der Waals surface area contributed by atoms with Crippen molar-refractivity contribution in [1.82, 2.24) is 25.7 Å². The first-order valence-corrected chi connectivity index (χ1v) is 13.7. The van der Waals surface area contributed by atoms with E-state index in [1.165, 1.54) is 0 Å². The molecule has 1 aromatic heterocycles. The van der Waals surface area contributed by atoms with Crippen molar-refractivity contribution < 1.29 is 19.3 Å². The molecule has 5 unspecified atom stereocenters. The molecular weight excluding hydrogens is 473 g/mol. The second-order valence-corrected chi connectivity index (χ2v) is 11.0. The summed E-state index contributed by atoms with van der Waals surface area (Å²) in [7, 11) is 0. The summed E-state index contributed by atoms with van der Waals surface area (Å²) in [6.45, 7) is 4.46. The smallest absolute Gasteiger partial charge is 0.125 e. The van der Waals surface area contributed by atoms with E-state index in [1.807, 2.05) is 19.2 Å². The van der Waals surface area contributed by atoms with E-state index in [1.54, 1.807) is 12.1 Å². The summed E-state index contributed by atoms with van der Waals surface area (Å²) in [4.78, 5) is 10.6. The molecule has 1 aromatic carbocycles. The highest BCUT2D eigenvalue weighted by atomic mass is 19.1. The summed E-state index contributed by atoms with van der Waals surface area (Å²) in [5.41, 5.74) is 10.7. The van der Waals surface area contributed by atoms with Crippen LogP contribution in [0.3, 0.4) is 0 Å². The van der Waals surface area contributed by atoms with Crippen molar-refractivity contribution in [2.75, 3.05) is 26.4 Å². The number of aromatic amines is 1. The number of nitrogens with one attached hydrogen (secondary N) is 3. The Hall–Kier alpha value is -2.30. The van der Waals surface area contributed by atoms with Gasteiger partial charge in [0.2, 0.25) is 0 Å². The van der Waals surface area contributed by atoms with Gasteiger partial charge in [-0.25, -0.2) is 14.8 Å². The predicted octanol–water partition coefficient (Wildman–Crippen LogP) is 2.97. The lowest BCUT2D eigenvalue weighted by Gasteiger charge is -2.36. The van der Waals surface area contributed by atoms with E-state index in [0.29, 0.717) is 6.04 Å². The first-order chi connectivity index (χ1) is 18.1. The van der Waals surface area contributed by atoms with Gasteiger partial charge in [0.25, 0.3) is 0 Å². The molecule has 6 rings (SSSR count). The van der Waals surface area contributed by atoms with Gasteiger partial charge in [0.1, 0.15) is 17.7 Å². The third-order valence-electron chi connectivity index (χ3n) is 9.00. The average Bonchev–Trinajstić information content (AvgIpc) is 3.67. The number of benzene rings is 1. The van der Waals surface area contributed by atoms with Gasteiger partial charge < -0.3 is 19.9 Å². The van der Waals surface area contributed by atoms with Crippen LogP contribution in [0.1, 0.15) is 67.2 Å². The number of ether oxygens (including phenoxy) is 1. The number of imidazole rings is 1. The zero-order chi connectivity index (χ0) is 25.5. The second kappa shape index (κ2) is 10.5. The van der Waals surface area contributed by atoms with E-state index < -0.39 is 6.17 Å². The monoisotopic (exact) mass is 511 g/mol. The second-order valence-electron chi connectivity index (χ2n) is 11.0. The number of aryl methyl sites for hydroxylation is 1. The van der Waals surface area contributed by atoms with Crippen LogP contribution in [0.5, 0.6) is 5.75 Å². The van der Waals surface area contributed by atoms with Crippen LogP contribution in [-0.2, 0) is 11.2 Å². The lowest BCUT2D eigenvalue weighted by molar-refractivity contribution is 0.0244. The Kier molecular flexibility index (Phi) is 7.07. The normalized spacial score (nSPS) is 33.0. The van der Waals surface area contributed by atoms with E-state index in [-0.39, 0.29) is 42.3 Å². The maximum Gasteiger partial charge on any atom is 0.125 e. The van der Waals surface area contributed by atoms with Gasteiger partial charge in [-0.1, -0.05) is 19.1 Å². The predicted molar refractivity (Wildman–Crippen MR) is 139 cm³/mol. The number of halogens is 1. The van der Waals surface area contributed by atoms with Gasteiger partial charge in [-0.2, -0.15) is 0 Å². The fourth-order valence-electron chi connectivity index (χ4n) is 7.01. The summed E-state index contributed by atoms with van der Waals surface area (Å²) in [6.07, 6.45) is 7.39. The standard InChI is InChI=1S/C28H38FN5O3/c1-2-16-12-20(36)3-4-21(16)22-5-6-23-26(25(22)29)32-33-27(23)28-30-13-24(31-28)17-11-19(15-35)34(14-17)18-7-9-37-10-8-18/h3-4,11-13,18-19,22-23,25-27,32-33,35-36H,2,5-10,14-15H2,1H3,(H,30,31)/t19-,22?,23?,25?,26?,27?/m1/s1. The van der Waals surface area contributed by atoms with Crippen molar-refractivity contribution in [3.63, 3.8) is 0 Å². The van der Waals surface area contributed by atoms with E-state index in [9.17, 15) is 10.2 Å². The Bertz CT molecular complexity index is 1130. The average molecular weight is 512 g/mol. The molecule has 9 heteroatoms. The van der Waals surface area contributed by atoms with E-state index in [0.717, 1.165) is 80.1 Å². The van der Waals surface area contributed by atoms with E-state index in [4.69, 9.17) is 9.72 Å². The number of aromatic hydroxyl groups is 1. The summed E-state index contributed by atoms with van der Waals surface area (Å²) >= 11 is 0. The van der Waals surface area contributed by atoms with Crippen LogP contribution in [0.2, 0.25) is 0 Å². The van der Waals surface area contributed by atoms with Crippen molar-refractivity contribution in [2.45, 2.75) is 75.3 Å². The van der Waals surface area contributed by atoms with Crippen LogP contribution in [0.4, 0.5) is 4.39 Å². The Balaban J connectivity index is 1.16. The molecule has 1 aliphatic carbocycles. The number of H-pyrrole nitrogens is 1. The van der Waals surface area contributed by atoms with Gasteiger partial charge in [-0.05, 0) is 60.9 Å². The summed E-state index contributed by atoms with van der Waals surface area (Å²) < 4.78 is 21.4. The summed E-state index contributed by atoms with van der Waals surface area (Å²) in [5, 5.41) is 19.9. The SMILES string of the molecule is CCc1cc(O)ccc1C1CCC2C(c3ncc(C4=C[C@H](CO)N(C5CCOCC5)C4)[nH]3)NNC2C1F. The summed E-state index contributed by atoms with van der Waals surface area (Å²) in [5.74, 6) is 0.962. The number of hydrogen-bond acceptors (Lipinski definition) is 7. The van der Waals surface area contributed by atoms with Gasteiger partial charge in [0.05, 0.1) is 36.6 Å². The molecule has 8 nitrogen and oxygen atoms in total. The topological polar surface area (TPSA) is 106 Å². The Morgan fingerprint density at radius 3 is 2.78 bits per heavy atom. The molecule has 0 spiro atoms. The molecule has 0 amide bonds. The Labute approximate surface area is 217 Å². The van der Waals surface area contributed by atoms with Gasteiger partial charge in [-0.15, -0.1) is 0 Å². The van der Waals surface area contributed by atoms with Crippen LogP contribution in [0, 0.1) is 5.92 Å². The van der Waals surface area contributed by atoms with E-state index >= 15 is 4.39 Å². The van der Waals surface area contributed by atoms with Crippen molar-refractivity contribution in [3.8, 4) is 5.75 Å². The quantitative estimate of drug-likeness (QED) is 0.406. The zero-order valence-electron chi connectivity index (χ0n) is 21.4. The minimum absolute atomic E-state index is 0.0102. The number of aromatic nitrogens is 2. The number of alkyl halides is 1. The minimum Gasteiger partial charge on any atom is -0.508 e. The number of phenols is 1. The lowest BCUT2D eigenvalue weighted by atomic mass is 9.71. The molecule has 4 heterocycles. The highest BCUT2D eigenvalue weighted by Crippen LogP contribution is 2.45. The number of aliphatic hydroxyl groups excluding tert-OH is 1. The first-order valence-electron chi connectivity index (χ1n) is 13.7. The first kappa shape index (κ1) is 25.0. The zero-order valence-corrected chi connectivity index (χ0v) is 21.4. The minimum atomic E-state index is -1.03. The number of aliphatic hydroxyl groups is 1. The molecule has 4 aliphatic rings. The highest BCUT2D eigenvalue weighted by Gasteiger charge is 2.49. The van der Waals surface area contributed by atoms with Crippen molar-refractivity contribution in [2.24, 2.45) is 5.92 Å². The van der Waals surface area contributed by atoms with Crippen LogP contribution >= 0.6 is 0 Å². The highest BCUT2D eigenvalue weighted by molar-refractivity contribution is 5.67. The Morgan fingerprint density at radius 2 is 2.00 bits per heavy atom.